The number of rotatable bonds is 8. The fourth-order valence-corrected chi connectivity index (χ4v) is 3.67. The number of hydrogen-bond acceptors (Lipinski definition) is 6. The van der Waals surface area contributed by atoms with Crippen LogP contribution in [0.15, 0.2) is 24.3 Å². The number of hydrogen-bond donors (Lipinski definition) is 3. The molecule has 2 aromatic rings. The third-order valence-electron chi connectivity index (χ3n) is 5.14. The average molecular weight is 438 g/mol. The second kappa shape index (κ2) is 10.0. The van der Waals surface area contributed by atoms with E-state index in [1.807, 2.05) is 13.8 Å². The number of aromatic nitrogens is 2. The van der Waals surface area contributed by atoms with Gasteiger partial charge in [-0.15, -0.1) is 6.42 Å². The smallest absolute Gasteiger partial charge is 0.408 e. The van der Waals surface area contributed by atoms with E-state index >= 15 is 0 Å². The number of benzene rings is 1. The molecule has 1 aliphatic rings. The van der Waals surface area contributed by atoms with Crippen LogP contribution in [-0.4, -0.2) is 41.1 Å². The van der Waals surface area contributed by atoms with Gasteiger partial charge < -0.3 is 20.1 Å². The molecule has 0 radical (unpaired) electrons. The van der Waals surface area contributed by atoms with Gasteiger partial charge in [-0.1, -0.05) is 12.0 Å². The second-order valence-corrected chi connectivity index (χ2v) is 7.87. The molecule has 0 aliphatic heterocycles. The van der Waals surface area contributed by atoms with E-state index in [0.717, 1.165) is 12.8 Å². The maximum absolute atomic E-state index is 12.3. The van der Waals surface area contributed by atoms with Crippen LogP contribution in [0.1, 0.15) is 61.1 Å². The van der Waals surface area contributed by atoms with Crippen molar-refractivity contribution in [2.24, 2.45) is 0 Å². The van der Waals surface area contributed by atoms with Crippen LogP contribution in [0.3, 0.4) is 0 Å². The fraction of sp³-hybridized carbons (Fsp3) is 0.391. The molecule has 2 amide bonds. The van der Waals surface area contributed by atoms with Crippen molar-refractivity contribution in [3.63, 3.8) is 0 Å². The standard InChI is InChI=1S/C23H26N4O5/c1-4-16-8-7-9-18(17(16)13-28)31-14-21(29)25-20-12-19(26-27-20)23(10-5-6-11-23)32-22(30)24-15(2)3/h1,7-9,12-13,15H,5-6,10-11,14H2,2-3H3,(H,24,30)(H2,25,26,27,29). The van der Waals surface area contributed by atoms with Gasteiger partial charge in [-0.2, -0.15) is 5.10 Å². The van der Waals surface area contributed by atoms with Crippen LogP contribution < -0.4 is 15.4 Å². The van der Waals surface area contributed by atoms with Crippen molar-refractivity contribution in [3.8, 4) is 18.1 Å². The van der Waals surface area contributed by atoms with Gasteiger partial charge in [-0.25, -0.2) is 4.79 Å². The van der Waals surface area contributed by atoms with E-state index in [1.54, 1.807) is 24.3 Å². The van der Waals surface area contributed by atoms with Gasteiger partial charge in [0.05, 0.1) is 11.3 Å². The van der Waals surface area contributed by atoms with Crippen molar-refractivity contribution in [1.82, 2.24) is 15.5 Å². The van der Waals surface area contributed by atoms with E-state index in [4.69, 9.17) is 15.9 Å². The number of carbonyl (C=O) groups excluding carboxylic acids is 3. The van der Waals surface area contributed by atoms with Crippen molar-refractivity contribution in [2.45, 2.75) is 51.2 Å². The Hall–Kier alpha value is -3.80. The summed E-state index contributed by atoms with van der Waals surface area (Å²) in [6.45, 7) is 3.38. The zero-order chi connectivity index (χ0) is 23.1. The zero-order valence-corrected chi connectivity index (χ0v) is 18.1. The molecule has 3 N–H and O–H groups in total. The minimum Gasteiger partial charge on any atom is -0.483 e. The molecule has 1 aliphatic carbocycles. The van der Waals surface area contributed by atoms with E-state index < -0.39 is 17.6 Å². The van der Waals surface area contributed by atoms with Gasteiger partial charge in [0.2, 0.25) is 0 Å². The number of amides is 2. The first-order chi connectivity index (χ1) is 15.4. The Morgan fingerprint density at radius 3 is 2.75 bits per heavy atom. The lowest BCUT2D eigenvalue weighted by Crippen LogP contribution is -2.38. The SMILES string of the molecule is C#Cc1cccc(OCC(=O)Nc2cc(C3(OC(=O)NC(C)C)CCCC3)[nH]n2)c1C=O. The number of aldehydes is 1. The van der Waals surface area contributed by atoms with Gasteiger partial charge in [0.1, 0.15) is 5.75 Å². The van der Waals surface area contributed by atoms with Crippen LogP contribution >= 0.6 is 0 Å². The molecule has 1 aromatic carbocycles. The van der Waals surface area contributed by atoms with Crippen LogP contribution in [0, 0.1) is 12.3 Å². The lowest BCUT2D eigenvalue weighted by atomic mass is 9.98. The summed E-state index contributed by atoms with van der Waals surface area (Å²) in [5.74, 6) is 2.44. The van der Waals surface area contributed by atoms with Crippen LogP contribution in [0.2, 0.25) is 0 Å². The summed E-state index contributed by atoms with van der Waals surface area (Å²) in [4.78, 5) is 35.8. The van der Waals surface area contributed by atoms with E-state index in [0.29, 0.717) is 30.4 Å². The lowest BCUT2D eigenvalue weighted by Gasteiger charge is -2.28. The Kier molecular flexibility index (Phi) is 7.15. The maximum Gasteiger partial charge on any atom is 0.408 e. The molecule has 0 spiro atoms. The Bertz CT molecular complexity index is 1030. The van der Waals surface area contributed by atoms with Crippen molar-refractivity contribution in [2.75, 3.05) is 11.9 Å². The van der Waals surface area contributed by atoms with Crippen LogP contribution in [0.4, 0.5) is 10.6 Å². The summed E-state index contributed by atoms with van der Waals surface area (Å²) in [7, 11) is 0. The van der Waals surface area contributed by atoms with E-state index in [2.05, 4.69) is 26.8 Å². The van der Waals surface area contributed by atoms with Gasteiger partial charge in [0, 0.05) is 17.7 Å². The molecule has 0 bridgehead atoms. The monoisotopic (exact) mass is 438 g/mol. The molecule has 0 unspecified atom stereocenters. The summed E-state index contributed by atoms with van der Waals surface area (Å²) in [6.07, 6.45) is 8.65. The molecular weight excluding hydrogens is 412 g/mol. The van der Waals surface area contributed by atoms with Gasteiger partial charge >= 0.3 is 6.09 Å². The molecule has 0 saturated heterocycles. The lowest BCUT2D eigenvalue weighted by molar-refractivity contribution is -0.118. The van der Waals surface area contributed by atoms with E-state index in [9.17, 15) is 14.4 Å². The Labute approximate surface area is 186 Å². The molecule has 3 rings (SSSR count). The largest absolute Gasteiger partial charge is 0.483 e. The molecule has 1 heterocycles. The highest BCUT2D eigenvalue weighted by Crippen LogP contribution is 2.42. The number of nitrogens with zero attached hydrogens (tertiary/aromatic N) is 1. The Morgan fingerprint density at radius 2 is 2.09 bits per heavy atom. The number of anilines is 1. The number of nitrogens with one attached hydrogen (secondary N) is 3. The molecule has 9 heteroatoms. The van der Waals surface area contributed by atoms with Crippen LogP contribution in [-0.2, 0) is 15.1 Å². The van der Waals surface area contributed by atoms with E-state index in [-0.39, 0.29) is 29.8 Å². The predicted molar refractivity (Wildman–Crippen MR) is 117 cm³/mol. The van der Waals surface area contributed by atoms with Gasteiger partial charge in [0.15, 0.2) is 24.3 Å². The molecule has 168 valence electrons. The molecule has 1 fully saturated rings. The number of terminal acetylenes is 1. The summed E-state index contributed by atoms with van der Waals surface area (Å²) in [5, 5.41) is 12.4. The van der Waals surface area contributed by atoms with Gasteiger partial charge in [-0.05, 0) is 51.7 Å². The topological polar surface area (TPSA) is 122 Å². The minimum absolute atomic E-state index is 0.0429. The first-order valence-corrected chi connectivity index (χ1v) is 10.4. The minimum atomic E-state index is -0.806. The molecular formula is C23H26N4O5. The quantitative estimate of drug-likeness (QED) is 0.430. The molecule has 0 atom stereocenters. The highest BCUT2D eigenvalue weighted by atomic mass is 16.6. The van der Waals surface area contributed by atoms with Crippen LogP contribution in [0.5, 0.6) is 5.75 Å². The number of H-pyrrole nitrogens is 1. The summed E-state index contributed by atoms with van der Waals surface area (Å²) >= 11 is 0. The normalized spacial score (nSPS) is 14.4. The number of ether oxygens (including phenoxy) is 2. The predicted octanol–water partition coefficient (Wildman–Crippen LogP) is 3.12. The maximum atomic E-state index is 12.3. The second-order valence-electron chi connectivity index (χ2n) is 7.87. The molecule has 1 aromatic heterocycles. The van der Waals surface area contributed by atoms with Crippen LogP contribution in [0.25, 0.3) is 0 Å². The Balaban J connectivity index is 1.64. The van der Waals surface area contributed by atoms with Gasteiger partial charge in [-0.3, -0.25) is 14.7 Å². The first kappa shape index (κ1) is 22.9. The highest BCUT2D eigenvalue weighted by molar-refractivity contribution is 5.91. The zero-order valence-electron chi connectivity index (χ0n) is 18.1. The van der Waals surface area contributed by atoms with Crippen molar-refractivity contribution in [3.05, 3.63) is 41.1 Å². The third kappa shape index (κ3) is 5.27. The summed E-state index contributed by atoms with van der Waals surface area (Å²) in [5.41, 5.74) is 0.415. The molecule has 32 heavy (non-hydrogen) atoms. The van der Waals surface area contributed by atoms with Crippen molar-refractivity contribution in [1.29, 1.82) is 0 Å². The average Bonchev–Trinajstić information content (AvgIpc) is 3.41. The summed E-state index contributed by atoms with van der Waals surface area (Å²) in [6, 6.07) is 6.44. The number of alkyl carbamates (subject to hydrolysis) is 1. The highest BCUT2D eigenvalue weighted by Gasteiger charge is 2.41. The van der Waals surface area contributed by atoms with Gasteiger partial charge in [0.25, 0.3) is 5.91 Å². The van der Waals surface area contributed by atoms with Crippen molar-refractivity contribution < 1.29 is 23.9 Å². The third-order valence-corrected chi connectivity index (χ3v) is 5.14. The number of carbonyl (C=O) groups is 3. The summed E-state index contributed by atoms with van der Waals surface area (Å²) < 4.78 is 11.2. The first-order valence-electron chi connectivity index (χ1n) is 10.4. The van der Waals surface area contributed by atoms with Crippen molar-refractivity contribution >= 4 is 24.1 Å². The number of aromatic amines is 1. The van der Waals surface area contributed by atoms with E-state index in [1.165, 1.54) is 0 Å². The molecule has 9 nitrogen and oxygen atoms in total. The molecule has 1 saturated carbocycles. The fourth-order valence-electron chi connectivity index (χ4n) is 3.67. The Morgan fingerprint density at radius 1 is 1.34 bits per heavy atom.